The molecule has 1 aliphatic heterocycles. The molecule has 1 aliphatic rings. The molecule has 1 N–H and O–H groups in total. The van der Waals surface area contributed by atoms with E-state index in [0.717, 1.165) is 19.1 Å². The van der Waals surface area contributed by atoms with Crippen LogP contribution in [-0.2, 0) is 13.1 Å². The van der Waals surface area contributed by atoms with E-state index < -0.39 is 0 Å². The lowest BCUT2D eigenvalue weighted by atomic mass is 9.98. The van der Waals surface area contributed by atoms with E-state index in [1.165, 1.54) is 48.4 Å². The standard InChI is InChI=1S/C17H30N2S/c1-4-7-15-8-5-6-11-19(15)13-17-10-9-16(20-17)12-18-14(2)3/h9-10,14-15,18H,4-8,11-13H2,1-3H3. The van der Waals surface area contributed by atoms with Crippen molar-refractivity contribution >= 4 is 11.3 Å². The van der Waals surface area contributed by atoms with E-state index in [1.807, 2.05) is 11.3 Å². The molecule has 2 rings (SSSR count). The van der Waals surface area contributed by atoms with Crippen molar-refractivity contribution in [2.24, 2.45) is 0 Å². The molecule has 0 aromatic carbocycles. The summed E-state index contributed by atoms with van der Waals surface area (Å²) in [4.78, 5) is 5.73. The largest absolute Gasteiger partial charge is 0.310 e. The van der Waals surface area contributed by atoms with Crippen LogP contribution in [0, 0.1) is 0 Å². The van der Waals surface area contributed by atoms with Crippen LogP contribution in [0.5, 0.6) is 0 Å². The van der Waals surface area contributed by atoms with Crippen LogP contribution in [0.2, 0.25) is 0 Å². The van der Waals surface area contributed by atoms with Gasteiger partial charge in [-0.15, -0.1) is 11.3 Å². The summed E-state index contributed by atoms with van der Waals surface area (Å²) in [6, 6.07) is 6.03. The molecule has 1 aromatic heterocycles. The van der Waals surface area contributed by atoms with Crippen LogP contribution < -0.4 is 5.32 Å². The molecular weight excluding hydrogens is 264 g/mol. The predicted octanol–water partition coefficient (Wildman–Crippen LogP) is 4.40. The molecule has 1 aromatic rings. The van der Waals surface area contributed by atoms with E-state index >= 15 is 0 Å². The molecule has 2 nitrogen and oxygen atoms in total. The Kier molecular flexibility index (Phi) is 6.53. The minimum atomic E-state index is 0.566. The van der Waals surface area contributed by atoms with Crippen molar-refractivity contribution in [2.75, 3.05) is 6.54 Å². The van der Waals surface area contributed by atoms with Crippen molar-refractivity contribution in [1.82, 2.24) is 10.2 Å². The minimum Gasteiger partial charge on any atom is -0.310 e. The van der Waals surface area contributed by atoms with E-state index in [9.17, 15) is 0 Å². The highest BCUT2D eigenvalue weighted by molar-refractivity contribution is 7.11. The molecule has 1 saturated heterocycles. The molecule has 1 atom stereocenters. The van der Waals surface area contributed by atoms with Crippen LogP contribution in [0.25, 0.3) is 0 Å². The zero-order valence-corrected chi connectivity index (χ0v) is 14.1. The number of hydrogen-bond acceptors (Lipinski definition) is 3. The molecule has 0 amide bonds. The topological polar surface area (TPSA) is 15.3 Å². The smallest absolute Gasteiger partial charge is 0.0330 e. The fourth-order valence-corrected chi connectivity index (χ4v) is 4.03. The minimum absolute atomic E-state index is 0.566. The Balaban J connectivity index is 1.88. The Morgan fingerprint density at radius 1 is 1.30 bits per heavy atom. The van der Waals surface area contributed by atoms with E-state index in [0.29, 0.717) is 6.04 Å². The zero-order valence-electron chi connectivity index (χ0n) is 13.3. The van der Waals surface area contributed by atoms with Gasteiger partial charge < -0.3 is 5.32 Å². The van der Waals surface area contributed by atoms with Gasteiger partial charge in [0, 0.05) is 34.9 Å². The van der Waals surface area contributed by atoms with E-state index in [4.69, 9.17) is 0 Å². The quantitative estimate of drug-likeness (QED) is 0.802. The number of rotatable bonds is 7. The van der Waals surface area contributed by atoms with Crippen molar-refractivity contribution in [1.29, 1.82) is 0 Å². The summed E-state index contributed by atoms with van der Waals surface area (Å²) < 4.78 is 0. The first-order valence-electron chi connectivity index (χ1n) is 8.24. The fraction of sp³-hybridized carbons (Fsp3) is 0.765. The molecule has 0 bridgehead atoms. The molecule has 0 radical (unpaired) electrons. The maximum atomic E-state index is 3.50. The van der Waals surface area contributed by atoms with Crippen molar-refractivity contribution in [3.05, 3.63) is 21.9 Å². The highest BCUT2D eigenvalue weighted by Gasteiger charge is 2.21. The summed E-state index contributed by atoms with van der Waals surface area (Å²) >= 11 is 1.98. The molecular formula is C17H30N2S. The molecule has 2 heterocycles. The summed E-state index contributed by atoms with van der Waals surface area (Å²) in [5, 5.41) is 3.50. The van der Waals surface area contributed by atoms with E-state index in [1.54, 1.807) is 0 Å². The Labute approximate surface area is 128 Å². The number of hydrogen-bond donors (Lipinski definition) is 1. The molecule has 0 saturated carbocycles. The summed E-state index contributed by atoms with van der Waals surface area (Å²) in [5.74, 6) is 0. The molecule has 114 valence electrons. The highest BCUT2D eigenvalue weighted by atomic mass is 32.1. The third kappa shape index (κ3) is 4.87. The highest BCUT2D eigenvalue weighted by Crippen LogP contribution is 2.25. The lowest BCUT2D eigenvalue weighted by Gasteiger charge is -2.35. The lowest BCUT2D eigenvalue weighted by Crippen LogP contribution is -2.38. The van der Waals surface area contributed by atoms with Gasteiger partial charge in [-0.25, -0.2) is 0 Å². The summed E-state index contributed by atoms with van der Waals surface area (Å²) in [7, 11) is 0. The first-order chi connectivity index (χ1) is 9.69. The number of piperidine rings is 1. The summed E-state index contributed by atoms with van der Waals surface area (Å²) in [6.07, 6.45) is 6.89. The molecule has 1 fully saturated rings. The van der Waals surface area contributed by atoms with Crippen molar-refractivity contribution < 1.29 is 0 Å². The van der Waals surface area contributed by atoms with Gasteiger partial charge in [0.15, 0.2) is 0 Å². The van der Waals surface area contributed by atoms with Gasteiger partial charge in [0.05, 0.1) is 0 Å². The Morgan fingerprint density at radius 3 is 2.85 bits per heavy atom. The second kappa shape index (κ2) is 8.16. The average molecular weight is 295 g/mol. The van der Waals surface area contributed by atoms with Crippen molar-refractivity contribution in [3.63, 3.8) is 0 Å². The molecule has 0 spiro atoms. The Hall–Kier alpha value is -0.380. The van der Waals surface area contributed by atoms with Crippen LogP contribution >= 0.6 is 11.3 Å². The van der Waals surface area contributed by atoms with Crippen LogP contribution in [0.4, 0.5) is 0 Å². The molecule has 1 unspecified atom stereocenters. The average Bonchev–Trinajstić information content (AvgIpc) is 2.87. The summed E-state index contributed by atoms with van der Waals surface area (Å²) in [5.41, 5.74) is 0. The van der Waals surface area contributed by atoms with Gasteiger partial charge in [0.25, 0.3) is 0 Å². The van der Waals surface area contributed by atoms with Gasteiger partial charge in [0.2, 0.25) is 0 Å². The van der Waals surface area contributed by atoms with Crippen LogP contribution in [-0.4, -0.2) is 23.5 Å². The first-order valence-corrected chi connectivity index (χ1v) is 9.05. The maximum Gasteiger partial charge on any atom is 0.0330 e. The normalized spacial score (nSPS) is 20.7. The first kappa shape index (κ1) is 16.0. The Bertz CT molecular complexity index is 384. The van der Waals surface area contributed by atoms with Gasteiger partial charge in [-0.3, -0.25) is 4.90 Å². The number of nitrogens with one attached hydrogen (secondary N) is 1. The van der Waals surface area contributed by atoms with Gasteiger partial charge in [0.1, 0.15) is 0 Å². The second-order valence-corrected chi connectivity index (χ2v) is 7.57. The van der Waals surface area contributed by atoms with Gasteiger partial charge in [-0.2, -0.15) is 0 Å². The third-order valence-corrected chi connectivity index (χ3v) is 5.20. The monoisotopic (exact) mass is 294 g/mol. The second-order valence-electron chi connectivity index (χ2n) is 6.31. The van der Waals surface area contributed by atoms with E-state index in [-0.39, 0.29) is 0 Å². The number of thiophene rings is 1. The maximum absolute atomic E-state index is 3.50. The number of nitrogens with zero attached hydrogens (tertiary/aromatic N) is 1. The predicted molar refractivity (Wildman–Crippen MR) is 89.3 cm³/mol. The van der Waals surface area contributed by atoms with Gasteiger partial charge in [-0.05, 0) is 37.9 Å². The SMILES string of the molecule is CCCC1CCCCN1Cc1ccc(CNC(C)C)s1. The van der Waals surface area contributed by atoms with Crippen LogP contribution in [0.3, 0.4) is 0 Å². The zero-order chi connectivity index (χ0) is 14.4. The lowest BCUT2D eigenvalue weighted by molar-refractivity contribution is 0.133. The molecule has 0 aliphatic carbocycles. The third-order valence-electron chi connectivity index (χ3n) is 4.13. The Morgan fingerprint density at radius 2 is 2.10 bits per heavy atom. The van der Waals surface area contributed by atoms with Gasteiger partial charge in [-0.1, -0.05) is 33.6 Å². The molecule has 3 heteroatoms. The fourth-order valence-electron chi connectivity index (χ4n) is 3.04. The van der Waals surface area contributed by atoms with Crippen LogP contribution in [0.1, 0.15) is 62.6 Å². The summed E-state index contributed by atoms with van der Waals surface area (Å²) in [6.45, 7) is 10.2. The number of likely N-dealkylation sites (tertiary alicyclic amines) is 1. The van der Waals surface area contributed by atoms with E-state index in [2.05, 4.69) is 43.1 Å². The van der Waals surface area contributed by atoms with Crippen molar-refractivity contribution in [2.45, 2.75) is 78.0 Å². The van der Waals surface area contributed by atoms with Gasteiger partial charge >= 0.3 is 0 Å². The van der Waals surface area contributed by atoms with Crippen LogP contribution in [0.15, 0.2) is 12.1 Å². The molecule has 20 heavy (non-hydrogen) atoms. The van der Waals surface area contributed by atoms with Crippen molar-refractivity contribution in [3.8, 4) is 0 Å².